The number of imidazole rings is 1. The standard InChI is InChI=1S/C25H25N5O3/c31-24-11-10-21(27-28-24)25(32)29-14-12-18(13-15-29)16-30-22-9-5-4-8-20(22)26-23(30)17-33-19-6-2-1-3-7-19/h1-11,18H,12-17H2,(H,28,31). The lowest BCUT2D eigenvalue weighted by molar-refractivity contribution is 0.0675. The Kier molecular flexibility index (Phi) is 5.89. The van der Waals surface area contributed by atoms with Gasteiger partial charge in [0.25, 0.3) is 11.5 Å². The number of nitrogens with one attached hydrogen (secondary N) is 1. The number of para-hydroxylation sites is 3. The van der Waals surface area contributed by atoms with Crippen LogP contribution < -0.4 is 10.3 Å². The van der Waals surface area contributed by atoms with Crippen LogP contribution in [0.5, 0.6) is 5.75 Å². The molecular formula is C25H25N5O3. The molecule has 3 heterocycles. The average molecular weight is 444 g/mol. The summed E-state index contributed by atoms with van der Waals surface area (Å²) in [5.74, 6) is 2.00. The van der Waals surface area contributed by atoms with Gasteiger partial charge in [-0.1, -0.05) is 30.3 Å². The zero-order chi connectivity index (χ0) is 22.6. The predicted molar refractivity (Wildman–Crippen MR) is 124 cm³/mol. The number of carbonyl (C=O) groups is 1. The van der Waals surface area contributed by atoms with E-state index < -0.39 is 0 Å². The summed E-state index contributed by atoms with van der Waals surface area (Å²) < 4.78 is 8.24. The summed E-state index contributed by atoms with van der Waals surface area (Å²) in [7, 11) is 0. The molecule has 1 N–H and O–H groups in total. The molecular weight excluding hydrogens is 418 g/mol. The summed E-state index contributed by atoms with van der Waals surface area (Å²) in [6.45, 7) is 2.54. The van der Waals surface area contributed by atoms with Gasteiger partial charge in [-0.25, -0.2) is 10.1 Å². The zero-order valence-corrected chi connectivity index (χ0v) is 18.2. The van der Waals surface area contributed by atoms with E-state index in [1.807, 2.05) is 53.4 Å². The van der Waals surface area contributed by atoms with Gasteiger partial charge in [-0.2, -0.15) is 5.10 Å². The molecule has 0 aliphatic carbocycles. The first-order valence-corrected chi connectivity index (χ1v) is 11.1. The molecule has 1 aliphatic rings. The minimum absolute atomic E-state index is 0.144. The first-order chi connectivity index (χ1) is 16.2. The Morgan fingerprint density at radius 2 is 1.76 bits per heavy atom. The number of ether oxygens (including phenoxy) is 1. The Bertz CT molecular complexity index is 1290. The van der Waals surface area contributed by atoms with Gasteiger partial charge in [-0.05, 0) is 49.1 Å². The molecule has 168 valence electrons. The number of nitrogens with zero attached hydrogens (tertiary/aromatic N) is 4. The number of fused-ring (bicyclic) bond motifs is 1. The lowest BCUT2D eigenvalue weighted by Gasteiger charge is -2.32. The smallest absolute Gasteiger partial charge is 0.274 e. The molecule has 1 fully saturated rings. The molecule has 5 rings (SSSR count). The second-order valence-corrected chi connectivity index (χ2v) is 8.27. The molecule has 0 radical (unpaired) electrons. The Hall–Kier alpha value is -3.94. The molecule has 8 nitrogen and oxygen atoms in total. The molecule has 1 saturated heterocycles. The second-order valence-electron chi connectivity index (χ2n) is 8.27. The maximum absolute atomic E-state index is 12.7. The largest absolute Gasteiger partial charge is 0.486 e. The van der Waals surface area contributed by atoms with E-state index in [9.17, 15) is 9.59 Å². The third-order valence-electron chi connectivity index (χ3n) is 6.09. The molecule has 0 saturated carbocycles. The number of hydrogen-bond acceptors (Lipinski definition) is 5. The highest BCUT2D eigenvalue weighted by Crippen LogP contribution is 2.25. The Balaban J connectivity index is 1.27. The van der Waals surface area contributed by atoms with Crippen LogP contribution in [0.25, 0.3) is 11.0 Å². The van der Waals surface area contributed by atoms with Gasteiger partial charge in [0.1, 0.15) is 23.9 Å². The quantitative estimate of drug-likeness (QED) is 0.494. The van der Waals surface area contributed by atoms with E-state index in [0.29, 0.717) is 25.6 Å². The van der Waals surface area contributed by atoms with Crippen LogP contribution in [0.1, 0.15) is 29.2 Å². The first kappa shape index (κ1) is 20.9. The van der Waals surface area contributed by atoms with Gasteiger partial charge >= 0.3 is 0 Å². The molecule has 33 heavy (non-hydrogen) atoms. The number of likely N-dealkylation sites (tertiary alicyclic amines) is 1. The van der Waals surface area contributed by atoms with E-state index in [1.165, 1.54) is 12.1 Å². The number of amides is 1. The van der Waals surface area contributed by atoms with Crippen molar-refractivity contribution in [2.45, 2.75) is 26.0 Å². The summed E-state index contributed by atoms with van der Waals surface area (Å²) in [6, 6.07) is 20.7. The van der Waals surface area contributed by atoms with Crippen molar-refractivity contribution in [3.8, 4) is 5.75 Å². The van der Waals surface area contributed by atoms with Crippen LogP contribution in [-0.4, -0.2) is 43.6 Å². The highest BCUT2D eigenvalue weighted by molar-refractivity contribution is 5.92. The molecule has 2 aromatic heterocycles. The Labute approximate surface area is 190 Å². The number of aromatic amines is 1. The highest BCUT2D eigenvalue weighted by Gasteiger charge is 2.26. The van der Waals surface area contributed by atoms with Crippen molar-refractivity contribution < 1.29 is 9.53 Å². The molecule has 2 aromatic carbocycles. The van der Waals surface area contributed by atoms with E-state index >= 15 is 0 Å². The van der Waals surface area contributed by atoms with Crippen molar-refractivity contribution in [3.05, 3.63) is 88.6 Å². The van der Waals surface area contributed by atoms with Crippen LogP contribution in [-0.2, 0) is 13.2 Å². The average Bonchev–Trinajstić information content (AvgIpc) is 3.21. The summed E-state index contributed by atoms with van der Waals surface area (Å²) in [5, 5.41) is 6.20. The molecule has 8 heteroatoms. The molecule has 4 aromatic rings. The van der Waals surface area contributed by atoms with Crippen molar-refractivity contribution in [1.82, 2.24) is 24.6 Å². The van der Waals surface area contributed by atoms with Gasteiger partial charge in [0.05, 0.1) is 11.0 Å². The van der Waals surface area contributed by atoms with Crippen molar-refractivity contribution in [2.75, 3.05) is 13.1 Å². The Morgan fingerprint density at radius 1 is 1.00 bits per heavy atom. The minimum atomic E-state index is -0.315. The second kappa shape index (κ2) is 9.28. The van der Waals surface area contributed by atoms with Gasteiger partial charge in [0, 0.05) is 25.7 Å². The fourth-order valence-electron chi connectivity index (χ4n) is 4.31. The molecule has 0 bridgehead atoms. The van der Waals surface area contributed by atoms with Gasteiger partial charge < -0.3 is 14.2 Å². The lowest BCUT2D eigenvalue weighted by Crippen LogP contribution is -2.40. The Morgan fingerprint density at radius 3 is 2.52 bits per heavy atom. The number of rotatable bonds is 6. The summed E-state index contributed by atoms with van der Waals surface area (Å²) in [4.78, 5) is 30.5. The number of piperidine rings is 1. The van der Waals surface area contributed by atoms with E-state index in [0.717, 1.165) is 42.0 Å². The molecule has 0 unspecified atom stereocenters. The fourth-order valence-corrected chi connectivity index (χ4v) is 4.31. The molecule has 1 aliphatic heterocycles. The molecule has 0 spiro atoms. The van der Waals surface area contributed by atoms with Crippen LogP contribution in [0, 0.1) is 5.92 Å². The van der Waals surface area contributed by atoms with Crippen molar-refractivity contribution in [2.24, 2.45) is 5.92 Å². The van der Waals surface area contributed by atoms with Crippen LogP contribution in [0.15, 0.2) is 71.5 Å². The van der Waals surface area contributed by atoms with Gasteiger partial charge in [-0.3, -0.25) is 9.59 Å². The van der Waals surface area contributed by atoms with E-state index in [-0.39, 0.29) is 17.2 Å². The van der Waals surface area contributed by atoms with Crippen LogP contribution in [0.2, 0.25) is 0 Å². The minimum Gasteiger partial charge on any atom is -0.486 e. The van der Waals surface area contributed by atoms with Crippen molar-refractivity contribution in [1.29, 1.82) is 0 Å². The van der Waals surface area contributed by atoms with E-state index in [2.05, 4.69) is 20.8 Å². The van der Waals surface area contributed by atoms with Gasteiger partial charge in [0.15, 0.2) is 0 Å². The topological polar surface area (TPSA) is 93.1 Å². The molecule has 0 atom stereocenters. The predicted octanol–water partition coefficient (Wildman–Crippen LogP) is 3.25. The monoisotopic (exact) mass is 443 g/mol. The van der Waals surface area contributed by atoms with E-state index in [4.69, 9.17) is 9.72 Å². The van der Waals surface area contributed by atoms with Crippen molar-refractivity contribution in [3.63, 3.8) is 0 Å². The number of benzene rings is 2. The normalized spacial score (nSPS) is 14.5. The third-order valence-corrected chi connectivity index (χ3v) is 6.09. The molecule has 1 amide bonds. The SMILES string of the molecule is O=C(c1ccc(=O)[nH]n1)N1CCC(Cn2c(COc3ccccc3)nc3ccccc32)CC1. The summed E-state index contributed by atoms with van der Waals surface area (Å²) in [5.41, 5.74) is 2.01. The third kappa shape index (κ3) is 4.64. The summed E-state index contributed by atoms with van der Waals surface area (Å²) >= 11 is 0. The fraction of sp³-hybridized carbons (Fsp3) is 0.280. The highest BCUT2D eigenvalue weighted by atomic mass is 16.5. The maximum Gasteiger partial charge on any atom is 0.274 e. The lowest BCUT2D eigenvalue weighted by atomic mass is 9.96. The number of hydrogen-bond donors (Lipinski definition) is 1. The first-order valence-electron chi connectivity index (χ1n) is 11.1. The van der Waals surface area contributed by atoms with Crippen LogP contribution in [0.4, 0.5) is 0 Å². The number of aromatic nitrogens is 4. The van der Waals surface area contributed by atoms with Crippen molar-refractivity contribution >= 4 is 16.9 Å². The number of carbonyl (C=O) groups excluding carboxylic acids is 1. The maximum atomic E-state index is 12.7. The van der Waals surface area contributed by atoms with Crippen LogP contribution in [0.3, 0.4) is 0 Å². The summed E-state index contributed by atoms with van der Waals surface area (Å²) in [6.07, 6.45) is 1.78. The number of H-pyrrole nitrogens is 1. The van der Waals surface area contributed by atoms with Gasteiger partial charge in [0.2, 0.25) is 0 Å². The van der Waals surface area contributed by atoms with E-state index in [1.54, 1.807) is 0 Å². The van der Waals surface area contributed by atoms with Gasteiger partial charge in [-0.15, -0.1) is 0 Å². The zero-order valence-electron chi connectivity index (χ0n) is 18.2. The van der Waals surface area contributed by atoms with Crippen LogP contribution >= 0.6 is 0 Å².